The molecule has 5 nitrogen and oxygen atoms in total. The van der Waals surface area contributed by atoms with Crippen LogP contribution in [0.3, 0.4) is 0 Å². The molecule has 0 unspecified atom stereocenters. The minimum atomic E-state index is -0.113. The highest BCUT2D eigenvalue weighted by molar-refractivity contribution is 9.10. The van der Waals surface area contributed by atoms with Gasteiger partial charge in [-0.1, -0.05) is 36.7 Å². The van der Waals surface area contributed by atoms with Gasteiger partial charge in [0.15, 0.2) is 0 Å². The smallest absolute Gasteiger partial charge is 0.257 e. The summed E-state index contributed by atoms with van der Waals surface area (Å²) >= 11 is 3.44. The van der Waals surface area contributed by atoms with Gasteiger partial charge in [-0.25, -0.2) is 4.68 Å². The van der Waals surface area contributed by atoms with Gasteiger partial charge in [0.1, 0.15) is 0 Å². The third kappa shape index (κ3) is 5.06. The maximum atomic E-state index is 12.8. The number of aromatic nitrogens is 2. The van der Waals surface area contributed by atoms with Gasteiger partial charge in [-0.3, -0.25) is 4.79 Å². The summed E-state index contributed by atoms with van der Waals surface area (Å²) in [6, 6.07) is 7.89. The van der Waals surface area contributed by atoms with Crippen molar-refractivity contribution in [2.24, 2.45) is 11.1 Å². The molecule has 1 aromatic carbocycles. The van der Waals surface area contributed by atoms with E-state index in [4.69, 9.17) is 5.73 Å². The Morgan fingerprint density at radius 3 is 2.44 bits per heavy atom. The van der Waals surface area contributed by atoms with E-state index in [0.717, 1.165) is 22.3 Å². The van der Waals surface area contributed by atoms with Crippen LogP contribution in [0.5, 0.6) is 0 Å². The lowest BCUT2D eigenvalue weighted by atomic mass is 9.93. The van der Waals surface area contributed by atoms with Crippen molar-refractivity contribution >= 4 is 34.2 Å². The number of carbonyl (C=O) groups excluding carboxylic acids is 1. The zero-order valence-corrected chi connectivity index (χ0v) is 17.5. The lowest BCUT2D eigenvalue weighted by Gasteiger charge is -2.29. The molecule has 0 aliphatic heterocycles. The molecule has 1 heterocycles. The van der Waals surface area contributed by atoms with E-state index < -0.39 is 0 Å². The van der Waals surface area contributed by atoms with Crippen LogP contribution >= 0.6 is 28.3 Å². The highest BCUT2D eigenvalue weighted by Gasteiger charge is 2.25. The summed E-state index contributed by atoms with van der Waals surface area (Å²) in [5, 5.41) is 4.44. The maximum absolute atomic E-state index is 12.8. The molecule has 2 rings (SSSR count). The first-order valence-electron chi connectivity index (χ1n) is 8.07. The van der Waals surface area contributed by atoms with E-state index in [1.54, 1.807) is 11.1 Å². The predicted molar refractivity (Wildman–Crippen MR) is 108 cm³/mol. The number of halogens is 2. The lowest BCUT2D eigenvalue weighted by molar-refractivity contribution is 0.0739. The topological polar surface area (TPSA) is 64.2 Å². The van der Waals surface area contributed by atoms with Gasteiger partial charge in [-0.2, -0.15) is 5.10 Å². The van der Waals surface area contributed by atoms with Gasteiger partial charge in [0.25, 0.3) is 5.91 Å². The summed E-state index contributed by atoms with van der Waals surface area (Å²) in [5.74, 6) is -0.0169. The Kier molecular flexibility index (Phi) is 7.65. The number of nitrogens with zero attached hydrogens (tertiary/aromatic N) is 3. The number of hydrogen-bond donors (Lipinski definition) is 1. The Morgan fingerprint density at radius 1 is 1.32 bits per heavy atom. The first kappa shape index (κ1) is 21.7. The highest BCUT2D eigenvalue weighted by Crippen LogP contribution is 2.21. The first-order chi connectivity index (χ1) is 11.3. The fraction of sp³-hybridized carbons (Fsp3) is 0.444. The quantitative estimate of drug-likeness (QED) is 0.762. The molecule has 7 heteroatoms. The summed E-state index contributed by atoms with van der Waals surface area (Å²) in [6.45, 7) is 7.29. The highest BCUT2D eigenvalue weighted by atomic mass is 79.9. The molecule has 0 spiro atoms. The van der Waals surface area contributed by atoms with Crippen molar-refractivity contribution in [3.63, 3.8) is 0 Å². The molecule has 2 N–H and O–H groups in total. The van der Waals surface area contributed by atoms with Gasteiger partial charge in [-0.05, 0) is 42.6 Å². The molecule has 1 aromatic heterocycles. The van der Waals surface area contributed by atoms with Crippen LogP contribution in [-0.4, -0.2) is 40.7 Å². The maximum Gasteiger partial charge on any atom is 0.257 e. The van der Waals surface area contributed by atoms with Gasteiger partial charge >= 0.3 is 0 Å². The van der Waals surface area contributed by atoms with Gasteiger partial charge in [0.2, 0.25) is 0 Å². The Hall–Kier alpha value is -1.37. The van der Waals surface area contributed by atoms with Crippen LogP contribution in [0.4, 0.5) is 0 Å². The predicted octanol–water partition coefficient (Wildman–Crippen LogP) is 3.68. The fourth-order valence-electron chi connectivity index (χ4n) is 2.68. The van der Waals surface area contributed by atoms with Crippen LogP contribution in [0.25, 0.3) is 5.69 Å². The zero-order valence-electron chi connectivity index (χ0n) is 15.1. The number of nitrogens with two attached hydrogens (primary N) is 1. The molecule has 25 heavy (non-hydrogen) atoms. The molecular weight excluding hydrogens is 404 g/mol. The minimum Gasteiger partial charge on any atom is -0.341 e. The standard InChI is InChI=1S/C18H25BrN4O.ClH/c1-5-16-15(17(24)22(4)12-18(2,3)11-20)10-21-23(16)14-8-6-13(19)7-9-14;/h6-10H,5,11-12,20H2,1-4H3;1H. The second-order valence-corrected chi connectivity index (χ2v) is 7.69. The molecular formula is C18H26BrClN4O. The van der Waals surface area contributed by atoms with E-state index >= 15 is 0 Å². The molecule has 0 atom stereocenters. The van der Waals surface area contributed by atoms with Crippen molar-refractivity contribution in [1.29, 1.82) is 0 Å². The Labute approximate surface area is 164 Å². The molecule has 0 aliphatic rings. The van der Waals surface area contributed by atoms with Crippen LogP contribution in [-0.2, 0) is 6.42 Å². The molecule has 0 saturated carbocycles. The van der Waals surface area contributed by atoms with E-state index in [2.05, 4.69) is 34.9 Å². The first-order valence-corrected chi connectivity index (χ1v) is 8.86. The number of amides is 1. The lowest BCUT2D eigenvalue weighted by Crippen LogP contribution is -2.40. The van der Waals surface area contributed by atoms with Gasteiger partial charge < -0.3 is 10.6 Å². The van der Waals surface area contributed by atoms with E-state index in [9.17, 15) is 4.79 Å². The Morgan fingerprint density at radius 2 is 1.92 bits per heavy atom. The van der Waals surface area contributed by atoms with E-state index in [0.29, 0.717) is 18.7 Å². The number of rotatable bonds is 6. The molecule has 0 fully saturated rings. The average molecular weight is 430 g/mol. The van der Waals surface area contributed by atoms with Crippen molar-refractivity contribution in [1.82, 2.24) is 14.7 Å². The van der Waals surface area contributed by atoms with Crippen LogP contribution in [0, 0.1) is 5.41 Å². The van der Waals surface area contributed by atoms with Gasteiger partial charge in [0, 0.05) is 18.1 Å². The number of benzene rings is 1. The third-order valence-corrected chi connectivity index (χ3v) is 4.60. The Bertz CT molecular complexity index is 712. The third-order valence-electron chi connectivity index (χ3n) is 4.07. The van der Waals surface area contributed by atoms with Crippen LogP contribution < -0.4 is 5.73 Å². The van der Waals surface area contributed by atoms with E-state index in [1.807, 2.05) is 42.9 Å². The van der Waals surface area contributed by atoms with Crippen molar-refractivity contribution in [2.75, 3.05) is 20.1 Å². The number of hydrogen-bond acceptors (Lipinski definition) is 3. The molecule has 1 amide bonds. The largest absolute Gasteiger partial charge is 0.341 e. The second kappa shape index (κ2) is 8.83. The number of carbonyl (C=O) groups is 1. The van der Waals surface area contributed by atoms with Gasteiger partial charge in [0.05, 0.1) is 23.1 Å². The molecule has 0 aliphatic carbocycles. The molecule has 2 aromatic rings. The SMILES string of the molecule is CCc1c(C(=O)N(C)CC(C)(C)CN)cnn1-c1ccc(Br)cc1.Cl. The zero-order chi connectivity index (χ0) is 17.9. The molecule has 0 bridgehead atoms. The van der Waals surface area contributed by atoms with Crippen molar-refractivity contribution < 1.29 is 4.79 Å². The molecule has 138 valence electrons. The van der Waals surface area contributed by atoms with Crippen molar-refractivity contribution in [3.8, 4) is 5.69 Å². The fourth-order valence-corrected chi connectivity index (χ4v) is 2.95. The normalized spacial score (nSPS) is 11.1. The summed E-state index contributed by atoms with van der Waals surface area (Å²) in [6.07, 6.45) is 2.39. The van der Waals surface area contributed by atoms with E-state index in [-0.39, 0.29) is 23.7 Å². The van der Waals surface area contributed by atoms with Crippen molar-refractivity contribution in [2.45, 2.75) is 27.2 Å². The monoisotopic (exact) mass is 428 g/mol. The van der Waals surface area contributed by atoms with Crippen LogP contribution in [0.15, 0.2) is 34.9 Å². The molecule has 0 radical (unpaired) electrons. The van der Waals surface area contributed by atoms with Crippen molar-refractivity contribution in [3.05, 3.63) is 46.2 Å². The van der Waals surface area contributed by atoms with Crippen LogP contribution in [0.2, 0.25) is 0 Å². The Balaban J connectivity index is 0.00000312. The average Bonchev–Trinajstić information content (AvgIpc) is 2.98. The second-order valence-electron chi connectivity index (χ2n) is 6.78. The molecule has 0 saturated heterocycles. The summed E-state index contributed by atoms with van der Waals surface area (Å²) in [5.41, 5.74) is 8.18. The summed E-state index contributed by atoms with van der Waals surface area (Å²) in [7, 11) is 1.82. The summed E-state index contributed by atoms with van der Waals surface area (Å²) < 4.78 is 2.85. The minimum absolute atomic E-state index is 0. The van der Waals surface area contributed by atoms with Crippen LogP contribution in [0.1, 0.15) is 36.8 Å². The van der Waals surface area contributed by atoms with Gasteiger partial charge in [-0.15, -0.1) is 12.4 Å². The summed E-state index contributed by atoms with van der Waals surface area (Å²) in [4.78, 5) is 14.6. The van der Waals surface area contributed by atoms with E-state index in [1.165, 1.54) is 0 Å².